The van der Waals surface area contributed by atoms with Crippen LogP contribution in [0, 0.1) is 0 Å². The van der Waals surface area contributed by atoms with Crippen molar-refractivity contribution in [2.24, 2.45) is 0 Å². The van der Waals surface area contributed by atoms with Crippen molar-refractivity contribution in [1.82, 2.24) is 0 Å². The fourth-order valence-corrected chi connectivity index (χ4v) is 8.38. The average molecular weight is 307 g/mol. The van der Waals surface area contributed by atoms with Crippen molar-refractivity contribution in [2.45, 2.75) is 51.2 Å². The molecule has 0 rings (SSSR count). The quantitative estimate of drug-likeness (QED) is 0.445. The number of hydrogen-bond donors (Lipinski definition) is 1. The molecule has 0 atom stereocenters. The standard InChI is InChI=1S/C11H26O4Si3/c1-9(10(12)13)11(16-2,14-17(3,4)5)15-18(6,7)8/h1,16H2,2-8H3,(H,12,13). The van der Waals surface area contributed by atoms with Crippen LogP contribution in [0.15, 0.2) is 12.2 Å². The third kappa shape index (κ3) is 5.61. The van der Waals surface area contributed by atoms with Crippen LogP contribution in [0.2, 0.25) is 45.8 Å². The van der Waals surface area contributed by atoms with E-state index in [4.69, 9.17) is 8.85 Å². The molecule has 0 bridgehead atoms. The fraction of sp³-hybridized carbons (Fsp3) is 0.727. The second-order valence-corrected chi connectivity index (χ2v) is 16.8. The molecule has 0 aliphatic heterocycles. The summed E-state index contributed by atoms with van der Waals surface area (Å²) in [5.41, 5.74) is -0.984. The van der Waals surface area contributed by atoms with Crippen molar-refractivity contribution in [3.8, 4) is 0 Å². The van der Waals surface area contributed by atoms with E-state index in [0.29, 0.717) is 0 Å². The Hall–Kier alpha value is -0.219. The Kier molecular flexibility index (Phi) is 5.76. The molecule has 0 aliphatic rings. The first kappa shape index (κ1) is 17.8. The molecule has 1 N–H and O–H groups in total. The summed E-state index contributed by atoms with van der Waals surface area (Å²) in [5.74, 6) is -1.03. The number of rotatable bonds is 7. The maximum Gasteiger partial charge on any atom is 0.335 e. The van der Waals surface area contributed by atoms with E-state index in [1.807, 2.05) is 45.8 Å². The van der Waals surface area contributed by atoms with Gasteiger partial charge in [0.05, 0.1) is 15.1 Å². The van der Waals surface area contributed by atoms with E-state index in [9.17, 15) is 9.90 Å². The first-order valence-corrected chi connectivity index (χ1v) is 15.1. The third-order valence-corrected chi connectivity index (χ3v) is 6.23. The molecule has 18 heavy (non-hydrogen) atoms. The van der Waals surface area contributed by atoms with Crippen LogP contribution in [0.5, 0.6) is 0 Å². The molecule has 0 saturated carbocycles. The van der Waals surface area contributed by atoms with Gasteiger partial charge in [-0.15, -0.1) is 0 Å². The van der Waals surface area contributed by atoms with Gasteiger partial charge in [0, 0.05) is 0 Å². The summed E-state index contributed by atoms with van der Waals surface area (Å²) >= 11 is 0. The fourth-order valence-electron chi connectivity index (χ4n) is 1.65. The Morgan fingerprint density at radius 3 is 1.61 bits per heavy atom. The van der Waals surface area contributed by atoms with Crippen LogP contribution in [-0.4, -0.2) is 42.6 Å². The summed E-state index contributed by atoms with van der Waals surface area (Å²) in [6.45, 7) is 17.9. The highest BCUT2D eigenvalue weighted by Crippen LogP contribution is 2.29. The van der Waals surface area contributed by atoms with Crippen LogP contribution in [0.4, 0.5) is 0 Å². The SMILES string of the molecule is C=C(C(=O)O)C(O[Si](C)(C)C)(O[Si](C)(C)C)[SiH2]C. The predicted octanol–water partition coefficient (Wildman–Crippen LogP) is 2.20. The predicted molar refractivity (Wildman–Crippen MR) is 82.8 cm³/mol. The monoisotopic (exact) mass is 306 g/mol. The molecule has 0 aromatic rings. The van der Waals surface area contributed by atoms with E-state index in [2.05, 4.69) is 6.58 Å². The summed E-state index contributed by atoms with van der Waals surface area (Å²) in [4.78, 5) is 11.3. The van der Waals surface area contributed by atoms with Gasteiger partial charge in [0.25, 0.3) is 0 Å². The Morgan fingerprint density at radius 1 is 1.11 bits per heavy atom. The Labute approximate surface area is 114 Å². The van der Waals surface area contributed by atoms with E-state index in [1.165, 1.54) is 0 Å². The molecule has 0 radical (unpaired) electrons. The van der Waals surface area contributed by atoms with Gasteiger partial charge >= 0.3 is 5.97 Å². The molecule has 0 aromatic carbocycles. The first-order valence-electron chi connectivity index (χ1n) is 6.16. The maximum atomic E-state index is 11.3. The van der Waals surface area contributed by atoms with E-state index >= 15 is 0 Å². The largest absolute Gasteiger partial charge is 0.478 e. The summed E-state index contributed by atoms with van der Waals surface area (Å²) in [7, 11) is -4.71. The third-order valence-electron chi connectivity index (χ3n) is 2.13. The van der Waals surface area contributed by atoms with Gasteiger partial charge in [-0.2, -0.15) is 0 Å². The molecule has 106 valence electrons. The minimum absolute atomic E-state index is 0.0570. The van der Waals surface area contributed by atoms with E-state index in [0.717, 1.165) is 0 Å². The Bertz CT molecular complexity index is 312. The number of carboxylic acid groups (broad SMARTS) is 1. The molecule has 7 heteroatoms. The van der Waals surface area contributed by atoms with E-state index < -0.39 is 37.5 Å². The van der Waals surface area contributed by atoms with Crippen LogP contribution in [0.25, 0.3) is 0 Å². The van der Waals surface area contributed by atoms with Crippen LogP contribution < -0.4 is 0 Å². The molecule has 0 saturated heterocycles. The van der Waals surface area contributed by atoms with Gasteiger partial charge in [0.1, 0.15) is 0 Å². The van der Waals surface area contributed by atoms with Crippen LogP contribution in [0.3, 0.4) is 0 Å². The lowest BCUT2D eigenvalue weighted by molar-refractivity contribution is -0.137. The molecular formula is C11H26O4Si3. The molecule has 0 fully saturated rings. The van der Waals surface area contributed by atoms with Crippen molar-refractivity contribution < 1.29 is 18.8 Å². The molecule has 4 nitrogen and oxygen atoms in total. The van der Waals surface area contributed by atoms with Crippen molar-refractivity contribution in [2.75, 3.05) is 0 Å². The number of carboxylic acids is 1. The first-order chi connectivity index (χ1) is 7.83. The maximum absolute atomic E-state index is 11.3. The normalized spacial score (nSPS) is 14.2. The molecule has 0 aliphatic carbocycles. The second-order valence-electron chi connectivity index (χ2n) is 6.32. The highest BCUT2D eigenvalue weighted by atomic mass is 28.4. The molecular weight excluding hydrogens is 280 g/mol. The van der Waals surface area contributed by atoms with Gasteiger partial charge in [-0.1, -0.05) is 13.1 Å². The van der Waals surface area contributed by atoms with Crippen molar-refractivity contribution in [3.63, 3.8) is 0 Å². The zero-order valence-corrected chi connectivity index (χ0v) is 16.0. The van der Waals surface area contributed by atoms with Crippen molar-refractivity contribution in [1.29, 1.82) is 0 Å². The molecule has 0 heterocycles. The summed E-state index contributed by atoms with van der Waals surface area (Å²) in [6.07, 6.45) is 0. The minimum Gasteiger partial charge on any atom is -0.478 e. The van der Waals surface area contributed by atoms with Crippen molar-refractivity contribution in [3.05, 3.63) is 12.2 Å². The lowest BCUT2D eigenvalue weighted by Crippen LogP contribution is -2.55. The lowest BCUT2D eigenvalue weighted by Gasteiger charge is -2.42. The number of aliphatic carboxylic acids is 1. The lowest BCUT2D eigenvalue weighted by atomic mass is 10.3. The van der Waals surface area contributed by atoms with E-state index in [1.54, 1.807) is 0 Å². The topological polar surface area (TPSA) is 55.8 Å². The molecule has 0 amide bonds. The average Bonchev–Trinajstić information content (AvgIpc) is 2.10. The van der Waals surface area contributed by atoms with Gasteiger partial charge in [-0.3, -0.25) is 0 Å². The summed E-state index contributed by atoms with van der Waals surface area (Å²) in [5, 5.41) is 9.24. The number of carbonyl (C=O) groups is 1. The summed E-state index contributed by atoms with van der Waals surface area (Å²) < 4.78 is 12.2. The van der Waals surface area contributed by atoms with Crippen molar-refractivity contribution >= 4 is 32.1 Å². The Balaban J connectivity index is 5.47. The Morgan fingerprint density at radius 2 is 1.44 bits per heavy atom. The minimum atomic E-state index is -1.91. The van der Waals surface area contributed by atoms with Gasteiger partial charge in [0.2, 0.25) is 0 Å². The highest BCUT2D eigenvalue weighted by Gasteiger charge is 2.44. The molecule has 0 aromatic heterocycles. The number of hydrogen-bond acceptors (Lipinski definition) is 3. The summed E-state index contributed by atoms with van der Waals surface area (Å²) in [6, 6.07) is 0. The van der Waals surface area contributed by atoms with Crippen LogP contribution >= 0.6 is 0 Å². The molecule has 0 spiro atoms. The van der Waals surface area contributed by atoms with Crippen LogP contribution in [-0.2, 0) is 13.6 Å². The zero-order chi connectivity index (χ0) is 14.8. The second kappa shape index (κ2) is 5.83. The smallest absolute Gasteiger partial charge is 0.335 e. The molecule has 0 unspecified atom stereocenters. The van der Waals surface area contributed by atoms with E-state index in [-0.39, 0.29) is 5.57 Å². The van der Waals surface area contributed by atoms with Gasteiger partial charge in [-0.05, 0) is 39.3 Å². The highest BCUT2D eigenvalue weighted by molar-refractivity contribution is 6.72. The van der Waals surface area contributed by atoms with Gasteiger partial charge in [0.15, 0.2) is 22.0 Å². The van der Waals surface area contributed by atoms with Crippen LogP contribution in [0.1, 0.15) is 0 Å². The zero-order valence-electron chi connectivity index (χ0n) is 12.6. The van der Waals surface area contributed by atoms with Gasteiger partial charge < -0.3 is 14.0 Å². The van der Waals surface area contributed by atoms with Gasteiger partial charge in [-0.25, -0.2) is 4.79 Å².